The van der Waals surface area contributed by atoms with Gasteiger partial charge in [0.05, 0.1) is 5.56 Å². The number of pyridine rings is 1. The van der Waals surface area contributed by atoms with E-state index in [0.29, 0.717) is 31.7 Å². The molecular formula is C23H28FN5O3. The van der Waals surface area contributed by atoms with Crippen LogP contribution >= 0.6 is 0 Å². The minimum absolute atomic E-state index is 0.0368. The first kappa shape index (κ1) is 22.2. The first-order chi connectivity index (χ1) is 15.1. The number of aliphatic hydroxyl groups is 1. The lowest BCUT2D eigenvalue weighted by molar-refractivity contribution is -0.124. The van der Waals surface area contributed by atoms with Crippen molar-refractivity contribution in [2.45, 2.75) is 39.6 Å². The molecule has 8 nitrogen and oxygen atoms in total. The highest BCUT2D eigenvalue weighted by Gasteiger charge is 2.43. The number of rotatable bonds is 3. The largest absolute Gasteiger partial charge is 0.361 e. The Bertz CT molecular complexity index is 1080. The van der Waals surface area contributed by atoms with Crippen molar-refractivity contribution in [3.63, 3.8) is 0 Å². The Labute approximate surface area is 186 Å². The van der Waals surface area contributed by atoms with Crippen LogP contribution in [0.3, 0.4) is 0 Å². The molecule has 3 N–H and O–H groups in total. The molecule has 0 spiro atoms. The summed E-state index contributed by atoms with van der Waals surface area (Å²) in [6, 6.07) is 6.24. The quantitative estimate of drug-likeness (QED) is 0.665. The van der Waals surface area contributed by atoms with Gasteiger partial charge >= 0.3 is 0 Å². The molecule has 9 heteroatoms. The van der Waals surface area contributed by atoms with Crippen LogP contribution in [0, 0.1) is 26.6 Å². The molecule has 3 heterocycles. The molecule has 170 valence electrons. The summed E-state index contributed by atoms with van der Waals surface area (Å²) >= 11 is 0. The van der Waals surface area contributed by atoms with E-state index >= 15 is 0 Å². The van der Waals surface area contributed by atoms with Crippen LogP contribution in [0.1, 0.15) is 39.7 Å². The predicted molar refractivity (Wildman–Crippen MR) is 118 cm³/mol. The van der Waals surface area contributed by atoms with E-state index in [4.69, 9.17) is 4.98 Å². The first-order valence-electron chi connectivity index (χ1n) is 10.7. The van der Waals surface area contributed by atoms with Gasteiger partial charge in [-0.3, -0.25) is 14.9 Å². The minimum Gasteiger partial charge on any atom is -0.361 e. The molecule has 0 saturated carbocycles. The number of hydrogen-bond acceptors (Lipinski definition) is 6. The summed E-state index contributed by atoms with van der Waals surface area (Å²) in [6.07, 6.45) is -1.20. The van der Waals surface area contributed by atoms with Crippen LogP contribution in [0.2, 0.25) is 0 Å². The Morgan fingerprint density at radius 3 is 2.44 bits per heavy atom. The van der Waals surface area contributed by atoms with E-state index in [-0.39, 0.29) is 11.5 Å². The Hall–Kier alpha value is -3.04. The molecule has 32 heavy (non-hydrogen) atoms. The summed E-state index contributed by atoms with van der Waals surface area (Å²) < 4.78 is 14.9. The van der Waals surface area contributed by atoms with Crippen molar-refractivity contribution >= 4 is 17.6 Å². The maximum atomic E-state index is 14.9. The van der Waals surface area contributed by atoms with Crippen LogP contribution in [0.5, 0.6) is 0 Å². The zero-order valence-electron chi connectivity index (χ0n) is 18.7. The number of amides is 2. The summed E-state index contributed by atoms with van der Waals surface area (Å²) in [5.41, 5.74) is 2.25. The fraction of sp³-hybridized carbons (Fsp3) is 0.435. The number of anilines is 1. The Morgan fingerprint density at radius 2 is 1.84 bits per heavy atom. The minimum atomic E-state index is -1.27. The summed E-state index contributed by atoms with van der Waals surface area (Å²) in [4.78, 5) is 33.6. The van der Waals surface area contributed by atoms with Crippen molar-refractivity contribution in [2.75, 3.05) is 31.1 Å². The van der Waals surface area contributed by atoms with Crippen molar-refractivity contribution in [1.82, 2.24) is 20.5 Å². The van der Waals surface area contributed by atoms with Crippen molar-refractivity contribution in [1.29, 1.82) is 0 Å². The molecule has 2 saturated heterocycles. The Kier molecular flexibility index (Phi) is 5.64. The second-order valence-corrected chi connectivity index (χ2v) is 8.65. The van der Waals surface area contributed by atoms with Crippen molar-refractivity contribution in [3.05, 3.63) is 58.0 Å². The fourth-order valence-corrected chi connectivity index (χ4v) is 4.30. The maximum Gasteiger partial charge on any atom is 0.256 e. The van der Waals surface area contributed by atoms with Gasteiger partial charge in [0.2, 0.25) is 5.91 Å². The maximum absolute atomic E-state index is 14.9. The van der Waals surface area contributed by atoms with Gasteiger partial charge in [-0.1, -0.05) is 12.1 Å². The molecule has 2 aromatic rings. The lowest BCUT2D eigenvalue weighted by Crippen LogP contribution is -2.49. The molecule has 2 fully saturated rings. The highest BCUT2D eigenvalue weighted by molar-refractivity contribution is 5.95. The smallest absolute Gasteiger partial charge is 0.256 e. The van der Waals surface area contributed by atoms with E-state index in [2.05, 4.69) is 21.6 Å². The molecule has 2 aliphatic rings. The van der Waals surface area contributed by atoms with E-state index in [1.165, 1.54) is 12.1 Å². The number of aromatic nitrogens is 1. The summed E-state index contributed by atoms with van der Waals surface area (Å²) in [5.74, 6) is -0.616. The summed E-state index contributed by atoms with van der Waals surface area (Å²) in [6.45, 7) is 9.75. The van der Waals surface area contributed by atoms with Gasteiger partial charge in [-0.2, -0.15) is 0 Å². The van der Waals surface area contributed by atoms with Gasteiger partial charge in [-0.25, -0.2) is 9.37 Å². The zero-order valence-corrected chi connectivity index (χ0v) is 18.7. The lowest BCUT2D eigenvalue weighted by atomic mass is 9.91. The van der Waals surface area contributed by atoms with Gasteiger partial charge < -0.3 is 20.2 Å². The number of nitrogens with zero attached hydrogens (tertiary/aromatic N) is 3. The third kappa shape index (κ3) is 3.82. The van der Waals surface area contributed by atoms with Crippen LogP contribution < -0.4 is 15.5 Å². The Morgan fingerprint density at radius 1 is 1.16 bits per heavy atom. The topological polar surface area (TPSA) is 97.8 Å². The average Bonchev–Trinajstić information content (AvgIpc) is 3.02. The number of carbonyl (C=O) groups is 2. The van der Waals surface area contributed by atoms with Crippen LogP contribution in [0.15, 0.2) is 24.3 Å². The highest BCUT2D eigenvalue weighted by Crippen LogP contribution is 2.27. The van der Waals surface area contributed by atoms with Gasteiger partial charge in [0.15, 0.2) is 6.35 Å². The van der Waals surface area contributed by atoms with Crippen LogP contribution in [-0.4, -0.2) is 59.3 Å². The van der Waals surface area contributed by atoms with Crippen molar-refractivity contribution < 1.29 is 19.1 Å². The first-order valence-corrected chi connectivity index (χ1v) is 10.7. The summed E-state index contributed by atoms with van der Waals surface area (Å²) in [7, 11) is 0. The normalized spacial score (nSPS) is 23.4. The number of benzene rings is 1. The van der Waals surface area contributed by atoms with Gasteiger partial charge in [-0.15, -0.1) is 0 Å². The summed E-state index contributed by atoms with van der Waals surface area (Å²) in [5, 5.41) is 14.7. The van der Waals surface area contributed by atoms with E-state index < -0.39 is 23.6 Å². The second kappa shape index (κ2) is 8.14. The van der Waals surface area contributed by atoms with Crippen LogP contribution in [0.4, 0.5) is 10.2 Å². The molecule has 1 aromatic carbocycles. The van der Waals surface area contributed by atoms with E-state index in [0.717, 1.165) is 22.6 Å². The van der Waals surface area contributed by atoms with Gasteiger partial charge in [0.25, 0.3) is 5.91 Å². The molecule has 4 rings (SSSR count). The second-order valence-electron chi connectivity index (χ2n) is 8.65. The molecule has 0 bridgehead atoms. The lowest BCUT2D eigenvalue weighted by Gasteiger charge is -2.36. The SMILES string of the molecule is Cc1cc(C)c(N2CCN(C(=O)c3ccc([C@@]4(C)NC(O)NC4=O)cc3F)CC2)nc1C. The number of aliphatic hydroxyl groups excluding tert-OH is 1. The predicted octanol–water partition coefficient (Wildman–Crippen LogP) is 1.32. The molecule has 1 unspecified atom stereocenters. The standard InChI is InChI=1S/C23H28FN5O3/c1-13-11-14(2)19(25-15(13)3)28-7-9-29(10-8-28)20(30)17-6-5-16(12-18(17)24)23(4)21(31)26-22(32)27-23/h5-6,11-12,22,27,32H,7-10H2,1-4H3,(H,26,31)/t22?,23-/m1/s1. The monoisotopic (exact) mass is 441 g/mol. The van der Waals surface area contributed by atoms with Gasteiger partial charge in [0.1, 0.15) is 17.2 Å². The molecule has 0 aliphatic carbocycles. The fourth-order valence-electron chi connectivity index (χ4n) is 4.30. The number of aryl methyl sites for hydroxylation is 3. The van der Waals surface area contributed by atoms with Crippen LogP contribution in [-0.2, 0) is 10.3 Å². The number of carbonyl (C=O) groups excluding carboxylic acids is 2. The molecule has 2 aliphatic heterocycles. The third-order valence-corrected chi connectivity index (χ3v) is 6.42. The number of hydrogen-bond donors (Lipinski definition) is 3. The highest BCUT2D eigenvalue weighted by atomic mass is 19.1. The number of halogens is 1. The van der Waals surface area contributed by atoms with E-state index in [1.807, 2.05) is 20.8 Å². The Balaban J connectivity index is 1.47. The van der Waals surface area contributed by atoms with E-state index in [1.54, 1.807) is 17.9 Å². The molecule has 1 aromatic heterocycles. The average molecular weight is 442 g/mol. The van der Waals surface area contributed by atoms with Crippen molar-refractivity contribution in [2.24, 2.45) is 0 Å². The van der Waals surface area contributed by atoms with Gasteiger partial charge in [-0.05, 0) is 56.5 Å². The molecular weight excluding hydrogens is 413 g/mol. The molecule has 2 amide bonds. The van der Waals surface area contributed by atoms with E-state index in [9.17, 15) is 19.1 Å². The van der Waals surface area contributed by atoms with Crippen molar-refractivity contribution in [3.8, 4) is 0 Å². The van der Waals surface area contributed by atoms with Crippen LogP contribution in [0.25, 0.3) is 0 Å². The number of nitrogens with one attached hydrogen (secondary N) is 2. The zero-order chi connectivity index (χ0) is 23.2. The number of piperazine rings is 1. The third-order valence-electron chi connectivity index (χ3n) is 6.42. The molecule has 2 atom stereocenters. The van der Waals surface area contributed by atoms with Gasteiger partial charge in [0, 0.05) is 31.9 Å². The molecule has 0 radical (unpaired) electrons.